The highest BCUT2D eigenvalue weighted by molar-refractivity contribution is 6.02. The maximum Gasteiger partial charge on any atom is 0.249 e. The van der Waals surface area contributed by atoms with Gasteiger partial charge in [0.05, 0.1) is 5.52 Å². The maximum atomic E-state index is 12.4. The average Bonchev–Trinajstić information content (AvgIpc) is 2.87. The molecule has 5 nitrogen and oxygen atoms in total. The van der Waals surface area contributed by atoms with Crippen molar-refractivity contribution in [2.75, 3.05) is 0 Å². The Bertz CT molecular complexity index is 890. The van der Waals surface area contributed by atoms with Crippen molar-refractivity contribution < 1.29 is 9.59 Å². The molecule has 1 atom stereocenters. The van der Waals surface area contributed by atoms with E-state index in [-0.39, 0.29) is 11.8 Å². The first-order valence-corrected chi connectivity index (χ1v) is 8.60. The number of piperidine rings is 1. The number of nitrogens with zero attached hydrogens (tertiary/aromatic N) is 2. The van der Waals surface area contributed by atoms with Gasteiger partial charge in [0.2, 0.25) is 11.8 Å². The van der Waals surface area contributed by atoms with Crippen molar-refractivity contribution >= 4 is 40.8 Å². The molecule has 0 spiro atoms. The summed E-state index contributed by atoms with van der Waals surface area (Å²) in [7, 11) is 0. The second-order valence-electron chi connectivity index (χ2n) is 6.60. The molecule has 25 heavy (non-hydrogen) atoms. The molecule has 1 N–H and O–H groups in total. The molecule has 2 amide bonds. The SMILES string of the molecule is C=Cc1c(N=CC)n(C2CCC(=O)NC2=O)c2ccc(C(C)C)cc12. The quantitative estimate of drug-likeness (QED) is 0.674. The fourth-order valence-corrected chi connectivity index (χ4v) is 3.40. The van der Waals surface area contributed by atoms with Gasteiger partial charge in [-0.1, -0.05) is 32.6 Å². The maximum absolute atomic E-state index is 12.4. The van der Waals surface area contributed by atoms with Crippen LogP contribution in [0.3, 0.4) is 0 Å². The van der Waals surface area contributed by atoms with E-state index in [1.165, 1.54) is 5.56 Å². The van der Waals surface area contributed by atoms with Crippen molar-refractivity contribution in [1.82, 2.24) is 9.88 Å². The number of amides is 2. The average molecular weight is 337 g/mol. The number of fused-ring (bicyclic) bond motifs is 1. The lowest BCUT2D eigenvalue weighted by Gasteiger charge is -2.24. The fourth-order valence-electron chi connectivity index (χ4n) is 3.40. The van der Waals surface area contributed by atoms with Gasteiger partial charge in [0.1, 0.15) is 11.9 Å². The highest BCUT2D eigenvalue weighted by Crippen LogP contribution is 2.39. The van der Waals surface area contributed by atoms with Crippen LogP contribution in [0.4, 0.5) is 5.82 Å². The monoisotopic (exact) mass is 337 g/mol. The Labute approximate surface area is 147 Å². The van der Waals surface area contributed by atoms with E-state index < -0.39 is 6.04 Å². The first-order valence-electron chi connectivity index (χ1n) is 8.60. The number of benzene rings is 1. The van der Waals surface area contributed by atoms with E-state index in [1.54, 1.807) is 12.3 Å². The van der Waals surface area contributed by atoms with Gasteiger partial charge < -0.3 is 4.57 Å². The summed E-state index contributed by atoms with van der Waals surface area (Å²) in [6, 6.07) is 5.82. The number of aromatic nitrogens is 1. The van der Waals surface area contributed by atoms with Crippen LogP contribution < -0.4 is 5.32 Å². The number of hydrogen-bond acceptors (Lipinski definition) is 3. The van der Waals surface area contributed by atoms with Crippen molar-refractivity contribution in [3.63, 3.8) is 0 Å². The Morgan fingerprint density at radius 3 is 2.72 bits per heavy atom. The van der Waals surface area contributed by atoms with Crippen LogP contribution in [0.15, 0.2) is 29.8 Å². The Hall–Kier alpha value is -2.69. The molecule has 0 radical (unpaired) electrons. The van der Waals surface area contributed by atoms with Crippen LogP contribution in [0.1, 0.15) is 56.7 Å². The molecule has 2 heterocycles. The highest BCUT2D eigenvalue weighted by atomic mass is 16.2. The Balaban J connectivity index is 2.29. The number of imide groups is 1. The van der Waals surface area contributed by atoms with Gasteiger partial charge in [-0.2, -0.15) is 0 Å². The Morgan fingerprint density at radius 1 is 1.36 bits per heavy atom. The summed E-state index contributed by atoms with van der Waals surface area (Å²) in [5, 5.41) is 3.48. The van der Waals surface area contributed by atoms with Gasteiger partial charge in [0.15, 0.2) is 0 Å². The lowest BCUT2D eigenvalue weighted by Crippen LogP contribution is -2.41. The number of hydrogen-bond donors (Lipinski definition) is 1. The van der Waals surface area contributed by atoms with Crippen molar-refractivity contribution in [1.29, 1.82) is 0 Å². The van der Waals surface area contributed by atoms with Gasteiger partial charge in [0.25, 0.3) is 0 Å². The normalized spacial score (nSPS) is 18.3. The third-order valence-corrected chi connectivity index (χ3v) is 4.68. The summed E-state index contributed by atoms with van der Waals surface area (Å²) in [6.45, 7) is 10.1. The van der Waals surface area contributed by atoms with Crippen LogP contribution >= 0.6 is 0 Å². The van der Waals surface area contributed by atoms with Crippen LogP contribution in [0.25, 0.3) is 17.0 Å². The van der Waals surface area contributed by atoms with E-state index >= 15 is 0 Å². The van der Waals surface area contributed by atoms with Crippen LogP contribution in [0, 0.1) is 0 Å². The zero-order chi connectivity index (χ0) is 18.1. The van der Waals surface area contributed by atoms with E-state index in [4.69, 9.17) is 0 Å². The molecule has 1 aliphatic heterocycles. The summed E-state index contributed by atoms with van der Waals surface area (Å²) in [5.74, 6) is 0.621. The van der Waals surface area contributed by atoms with Crippen molar-refractivity contribution in [3.8, 4) is 0 Å². The number of nitrogens with one attached hydrogen (secondary N) is 1. The van der Waals surface area contributed by atoms with Gasteiger partial charge in [-0.25, -0.2) is 4.99 Å². The largest absolute Gasteiger partial charge is 0.313 e. The summed E-state index contributed by atoms with van der Waals surface area (Å²) in [5.41, 5.74) is 3.08. The van der Waals surface area contributed by atoms with Crippen molar-refractivity contribution in [2.24, 2.45) is 4.99 Å². The first-order chi connectivity index (χ1) is 12.0. The molecular weight excluding hydrogens is 314 g/mol. The number of carbonyl (C=O) groups excluding carboxylic acids is 2. The minimum atomic E-state index is -0.447. The third kappa shape index (κ3) is 2.90. The summed E-state index contributed by atoms with van der Waals surface area (Å²) >= 11 is 0. The van der Waals surface area contributed by atoms with Crippen LogP contribution in [0.2, 0.25) is 0 Å². The molecule has 1 aromatic carbocycles. The Kier molecular flexibility index (Phi) is 4.57. The molecule has 5 heteroatoms. The molecule has 130 valence electrons. The predicted octanol–water partition coefficient (Wildman–Crippen LogP) is 4.11. The molecule has 1 saturated heterocycles. The first kappa shape index (κ1) is 17.1. The minimum Gasteiger partial charge on any atom is -0.313 e. The topological polar surface area (TPSA) is 63.5 Å². The van der Waals surface area contributed by atoms with Gasteiger partial charge in [0, 0.05) is 23.6 Å². The second kappa shape index (κ2) is 6.67. The molecule has 1 aliphatic rings. The standard InChI is InChI=1S/C20H23N3O2/c1-5-14-15-11-13(12(3)4)7-8-16(15)23(19(14)21-6-2)17-9-10-18(24)22-20(17)25/h5-8,11-12,17H,1,9-10H2,2-4H3,(H,22,24,25). The van der Waals surface area contributed by atoms with Crippen molar-refractivity contribution in [2.45, 2.75) is 45.6 Å². The molecule has 3 rings (SSSR count). The number of carbonyl (C=O) groups is 2. The minimum absolute atomic E-state index is 0.218. The van der Waals surface area contributed by atoms with Crippen molar-refractivity contribution in [3.05, 3.63) is 35.9 Å². The molecule has 0 saturated carbocycles. The van der Waals surface area contributed by atoms with Crippen LogP contribution in [-0.4, -0.2) is 22.6 Å². The summed E-state index contributed by atoms with van der Waals surface area (Å²) < 4.78 is 1.94. The zero-order valence-corrected chi connectivity index (χ0v) is 14.9. The summed E-state index contributed by atoms with van der Waals surface area (Å²) in [6.07, 6.45) is 4.31. The molecular formula is C20H23N3O2. The molecule has 1 unspecified atom stereocenters. The van der Waals surface area contributed by atoms with Gasteiger partial charge in [-0.15, -0.1) is 0 Å². The highest BCUT2D eigenvalue weighted by Gasteiger charge is 2.31. The molecule has 2 aromatic rings. The zero-order valence-electron chi connectivity index (χ0n) is 14.9. The number of rotatable bonds is 4. The van der Waals surface area contributed by atoms with Gasteiger partial charge >= 0.3 is 0 Å². The number of aliphatic imine (C=N–C) groups is 1. The van der Waals surface area contributed by atoms with Gasteiger partial charge in [-0.3, -0.25) is 14.9 Å². The van der Waals surface area contributed by atoms with Gasteiger partial charge in [-0.05, 0) is 37.0 Å². The second-order valence-corrected chi connectivity index (χ2v) is 6.60. The molecule has 1 aromatic heterocycles. The van der Waals surface area contributed by atoms with E-state index in [0.29, 0.717) is 24.6 Å². The Morgan fingerprint density at radius 2 is 2.12 bits per heavy atom. The predicted molar refractivity (Wildman–Crippen MR) is 101 cm³/mol. The van der Waals surface area contributed by atoms with Crippen LogP contribution in [-0.2, 0) is 9.59 Å². The fraction of sp³-hybridized carbons (Fsp3) is 0.350. The summed E-state index contributed by atoms with van der Waals surface area (Å²) in [4.78, 5) is 28.5. The van der Waals surface area contributed by atoms with E-state index in [0.717, 1.165) is 16.5 Å². The smallest absolute Gasteiger partial charge is 0.249 e. The van der Waals surface area contributed by atoms with E-state index in [9.17, 15) is 9.59 Å². The lowest BCUT2D eigenvalue weighted by molar-refractivity contribution is -0.135. The van der Waals surface area contributed by atoms with Crippen LogP contribution in [0.5, 0.6) is 0 Å². The third-order valence-electron chi connectivity index (χ3n) is 4.68. The molecule has 1 fully saturated rings. The molecule has 0 bridgehead atoms. The van der Waals surface area contributed by atoms with E-state index in [2.05, 4.69) is 42.9 Å². The van der Waals surface area contributed by atoms with E-state index in [1.807, 2.05) is 17.6 Å². The lowest BCUT2D eigenvalue weighted by atomic mass is 10.00. The molecule has 0 aliphatic carbocycles.